The molecule has 3 atom stereocenters. The lowest BCUT2D eigenvalue weighted by molar-refractivity contribution is -0.121. The van der Waals surface area contributed by atoms with E-state index in [0.717, 1.165) is 12.1 Å². The number of halogens is 3. The third kappa shape index (κ3) is 4.70. The average Bonchev–Trinajstić information content (AvgIpc) is 2.61. The molecule has 0 spiro atoms. The van der Waals surface area contributed by atoms with Crippen molar-refractivity contribution in [1.29, 1.82) is 0 Å². The van der Waals surface area contributed by atoms with Crippen LogP contribution in [-0.4, -0.2) is 43.5 Å². The van der Waals surface area contributed by atoms with E-state index in [4.69, 9.17) is 47.0 Å². The lowest BCUT2D eigenvalue weighted by Gasteiger charge is -2.44. The number of alkyl halides is 3. The molecule has 27 heavy (non-hydrogen) atoms. The SMILES string of the molecule is CCC(=O)N[C@H](NC(=S)N1C[C@@H]2C[C@H](C1)c1cccc(=O)n1C2)C(Cl)(Cl)Cl. The van der Waals surface area contributed by atoms with Gasteiger partial charge in [0.25, 0.3) is 5.56 Å². The molecule has 2 aliphatic heterocycles. The maximum atomic E-state index is 12.1. The lowest BCUT2D eigenvalue weighted by Crippen LogP contribution is -2.60. The highest BCUT2D eigenvalue weighted by Gasteiger charge is 2.38. The number of aromatic nitrogens is 1. The molecular weight excluding hydrogens is 431 g/mol. The van der Waals surface area contributed by atoms with Crippen LogP contribution in [-0.2, 0) is 11.3 Å². The second-order valence-electron chi connectivity index (χ2n) is 6.95. The molecule has 0 aliphatic carbocycles. The highest BCUT2D eigenvalue weighted by molar-refractivity contribution is 7.80. The van der Waals surface area contributed by atoms with Gasteiger partial charge in [0, 0.05) is 43.7 Å². The molecule has 1 fully saturated rings. The maximum absolute atomic E-state index is 12.1. The number of carbonyl (C=O) groups is 1. The summed E-state index contributed by atoms with van der Waals surface area (Å²) in [5.74, 6) is 0.278. The van der Waals surface area contributed by atoms with Gasteiger partial charge < -0.3 is 20.1 Å². The van der Waals surface area contributed by atoms with Gasteiger partial charge in [-0.15, -0.1) is 0 Å². The fourth-order valence-electron chi connectivity index (χ4n) is 3.74. The lowest BCUT2D eigenvalue weighted by atomic mass is 9.83. The van der Waals surface area contributed by atoms with Crippen LogP contribution in [0.5, 0.6) is 0 Å². The summed E-state index contributed by atoms with van der Waals surface area (Å²) < 4.78 is 0.110. The molecule has 6 nitrogen and oxygen atoms in total. The van der Waals surface area contributed by atoms with Crippen LogP contribution < -0.4 is 16.2 Å². The van der Waals surface area contributed by atoms with Crippen LogP contribution >= 0.6 is 47.0 Å². The van der Waals surface area contributed by atoms with Crippen molar-refractivity contribution in [2.75, 3.05) is 13.1 Å². The van der Waals surface area contributed by atoms with E-state index in [1.165, 1.54) is 0 Å². The van der Waals surface area contributed by atoms with Crippen molar-refractivity contribution in [2.45, 2.75) is 42.2 Å². The molecule has 0 radical (unpaired) electrons. The number of piperidine rings is 1. The molecule has 1 saturated heterocycles. The Morgan fingerprint density at radius 1 is 1.30 bits per heavy atom. The Bertz CT molecular complexity index is 795. The first-order valence-electron chi connectivity index (χ1n) is 8.80. The van der Waals surface area contributed by atoms with Crippen molar-refractivity contribution in [2.24, 2.45) is 5.92 Å². The van der Waals surface area contributed by atoms with E-state index in [2.05, 4.69) is 10.6 Å². The summed E-state index contributed by atoms with van der Waals surface area (Å²) in [7, 11) is 0. The first kappa shape index (κ1) is 20.7. The van der Waals surface area contributed by atoms with Crippen molar-refractivity contribution >= 4 is 58.0 Å². The summed E-state index contributed by atoms with van der Waals surface area (Å²) in [5, 5.41) is 6.04. The molecule has 1 amide bonds. The summed E-state index contributed by atoms with van der Waals surface area (Å²) in [6.07, 6.45) is 0.354. The predicted molar refractivity (Wildman–Crippen MR) is 111 cm³/mol. The number of amides is 1. The number of rotatable bonds is 3. The van der Waals surface area contributed by atoms with Gasteiger partial charge in [-0.2, -0.15) is 0 Å². The van der Waals surface area contributed by atoms with Crippen molar-refractivity contribution in [3.05, 3.63) is 34.2 Å². The van der Waals surface area contributed by atoms with Gasteiger partial charge in [0.05, 0.1) is 0 Å². The van der Waals surface area contributed by atoms with E-state index in [-0.39, 0.29) is 23.8 Å². The van der Waals surface area contributed by atoms with Gasteiger partial charge in [-0.3, -0.25) is 9.59 Å². The Morgan fingerprint density at radius 2 is 2.04 bits per heavy atom. The molecule has 0 saturated carbocycles. The molecule has 148 valence electrons. The number of thiocarbonyl (C=S) groups is 1. The Kier molecular flexibility index (Phi) is 6.25. The number of carbonyl (C=O) groups excluding carboxylic acids is 1. The van der Waals surface area contributed by atoms with Crippen molar-refractivity contribution < 1.29 is 4.79 Å². The zero-order chi connectivity index (χ0) is 19.8. The number of nitrogens with zero attached hydrogens (tertiary/aromatic N) is 2. The van der Waals surface area contributed by atoms with E-state index in [1.807, 2.05) is 15.5 Å². The average molecular weight is 452 g/mol. The molecule has 3 heterocycles. The van der Waals surface area contributed by atoms with Gasteiger partial charge in [-0.25, -0.2) is 0 Å². The molecule has 3 rings (SSSR count). The molecule has 0 aromatic carbocycles. The highest BCUT2D eigenvalue weighted by atomic mass is 35.6. The molecule has 10 heteroatoms. The first-order chi connectivity index (χ1) is 12.7. The maximum Gasteiger partial charge on any atom is 0.250 e. The quantitative estimate of drug-likeness (QED) is 0.420. The minimum atomic E-state index is -1.75. The van der Waals surface area contributed by atoms with Crippen LogP contribution in [0.4, 0.5) is 0 Å². The van der Waals surface area contributed by atoms with Gasteiger partial charge >= 0.3 is 0 Å². The normalized spacial score (nSPS) is 22.6. The smallest absolute Gasteiger partial charge is 0.250 e. The van der Waals surface area contributed by atoms with E-state index in [9.17, 15) is 9.59 Å². The van der Waals surface area contributed by atoms with Crippen molar-refractivity contribution in [1.82, 2.24) is 20.1 Å². The summed E-state index contributed by atoms with van der Waals surface area (Å²) >= 11 is 23.5. The Labute approximate surface area is 178 Å². The Morgan fingerprint density at radius 3 is 2.70 bits per heavy atom. The third-order valence-corrected chi connectivity index (χ3v) is 6.02. The van der Waals surface area contributed by atoms with E-state index in [1.54, 1.807) is 19.1 Å². The van der Waals surface area contributed by atoms with Crippen molar-refractivity contribution in [3.63, 3.8) is 0 Å². The van der Waals surface area contributed by atoms with Crippen LogP contribution in [0.1, 0.15) is 31.4 Å². The number of hydrogen-bond acceptors (Lipinski definition) is 3. The van der Waals surface area contributed by atoms with Gasteiger partial charge in [0.15, 0.2) is 5.11 Å². The monoisotopic (exact) mass is 450 g/mol. The van der Waals surface area contributed by atoms with Crippen LogP contribution in [0.15, 0.2) is 23.0 Å². The number of hydrogen-bond donors (Lipinski definition) is 2. The topological polar surface area (TPSA) is 66.4 Å². The van der Waals surface area contributed by atoms with Crippen LogP contribution in [0.3, 0.4) is 0 Å². The zero-order valence-electron chi connectivity index (χ0n) is 14.8. The summed E-state index contributed by atoms with van der Waals surface area (Å²) in [4.78, 5) is 25.9. The minimum Gasteiger partial charge on any atom is -0.348 e. The molecule has 2 bridgehead atoms. The molecule has 0 unspecified atom stereocenters. The Balaban J connectivity index is 1.73. The summed E-state index contributed by atoms with van der Waals surface area (Å²) in [6.45, 7) is 3.76. The molecular formula is C17H21Cl3N4O2S. The fraction of sp³-hybridized carbons (Fsp3) is 0.588. The largest absolute Gasteiger partial charge is 0.348 e. The van der Waals surface area contributed by atoms with Crippen molar-refractivity contribution in [3.8, 4) is 0 Å². The minimum absolute atomic E-state index is 0.0369. The highest BCUT2D eigenvalue weighted by Crippen LogP contribution is 2.35. The molecule has 1 aromatic rings. The standard InChI is InChI=1S/C17H21Cl3N4O2S/c1-2-13(25)21-15(17(18,19)20)22-16(27)23-7-10-6-11(9-23)12-4-3-5-14(26)24(12)8-10/h3-5,10-11,15H,2,6-9H2,1H3,(H,21,25)(H,22,27)/t10-,11+,15+/m0/s1. The van der Waals surface area contributed by atoms with E-state index in [0.29, 0.717) is 30.7 Å². The Hall–Kier alpha value is -1.02. The number of likely N-dealkylation sites (tertiary alicyclic amines) is 1. The predicted octanol–water partition coefficient (Wildman–Crippen LogP) is 2.36. The van der Waals surface area contributed by atoms with Crippen LogP contribution in [0.2, 0.25) is 0 Å². The summed E-state index contributed by atoms with van der Waals surface area (Å²) in [5.41, 5.74) is 1.07. The van der Waals surface area contributed by atoms with Gasteiger partial charge in [0.1, 0.15) is 6.17 Å². The third-order valence-electron chi connectivity index (χ3n) is 4.99. The van der Waals surface area contributed by atoms with Gasteiger partial charge in [-0.05, 0) is 30.6 Å². The van der Waals surface area contributed by atoms with Crippen LogP contribution in [0, 0.1) is 5.92 Å². The second-order valence-corrected chi connectivity index (χ2v) is 9.70. The molecule has 1 aromatic heterocycles. The number of nitrogens with one attached hydrogen (secondary N) is 2. The first-order valence-corrected chi connectivity index (χ1v) is 10.3. The fourth-order valence-corrected chi connectivity index (χ4v) is 4.33. The second kappa shape index (κ2) is 8.15. The van der Waals surface area contributed by atoms with Gasteiger partial charge in [-0.1, -0.05) is 47.8 Å². The number of fused-ring (bicyclic) bond motifs is 4. The van der Waals surface area contributed by atoms with Crippen LogP contribution in [0.25, 0.3) is 0 Å². The van der Waals surface area contributed by atoms with Gasteiger partial charge in [0.2, 0.25) is 9.70 Å². The molecule has 2 aliphatic rings. The van der Waals surface area contributed by atoms with E-state index >= 15 is 0 Å². The zero-order valence-corrected chi connectivity index (χ0v) is 17.8. The number of pyridine rings is 1. The van der Waals surface area contributed by atoms with E-state index < -0.39 is 9.96 Å². The summed E-state index contributed by atoms with van der Waals surface area (Å²) in [6, 6.07) is 5.38. The molecule has 2 N–H and O–H groups in total.